The molecular weight excluding hydrogens is 738 g/mol. The summed E-state index contributed by atoms with van der Waals surface area (Å²) >= 11 is 0. The molecular formula is C37H69N5O14. The molecule has 0 aliphatic heterocycles. The number of hydrazone groups is 1. The molecule has 19 heteroatoms. The van der Waals surface area contributed by atoms with E-state index in [1.165, 1.54) is 17.1 Å². The lowest BCUT2D eigenvalue weighted by Gasteiger charge is -2.14. The largest absolute Gasteiger partial charge is 0.396 e. The lowest BCUT2D eigenvalue weighted by Crippen LogP contribution is -2.33. The zero-order chi connectivity index (χ0) is 40.8. The van der Waals surface area contributed by atoms with Gasteiger partial charge in [-0.25, -0.2) is 0 Å². The first kappa shape index (κ1) is 53.1. The summed E-state index contributed by atoms with van der Waals surface area (Å²) in [6, 6.07) is 0. The van der Waals surface area contributed by atoms with Crippen molar-refractivity contribution in [2.24, 2.45) is 15.9 Å². The minimum absolute atomic E-state index is 0.0205. The smallest absolute Gasteiger partial charge is 0.246 e. The van der Waals surface area contributed by atoms with Gasteiger partial charge in [0.1, 0.15) is 0 Å². The summed E-state index contributed by atoms with van der Waals surface area (Å²) in [6.45, 7) is 14.9. The van der Waals surface area contributed by atoms with Crippen LogP contribution in [0.25, 0.3) is 0 Å². The number of rotatable bonds is 44. The molecule has 0 atom stereocenters. The van der Waals surface area contributed by atoms with Crippen LogP contribution < -0.4 is 11.2 Å². The fourth-order valence-corrected chi connectivity index (χ4v) is 3.87. The zero-order valence-electron chi connectivity index (χ0n) is 33.5. The van der Waals surface area contributed by atoms with Crippen molar-refractivity contribution in [3.8, 4) is 0 Å². The van der Waals surface area contributed by atoms with Gasteiger partial charge in [0.05, 0.1) is 158 Å². The van der Waals surface area contributed by atoms with E-state index in [1.807, 2.05) is 0 Å². The second kappa shape index (κ2) is 44.8. The van der Waals surface area contributed by atoms with Crippen LogP contribution >= 0.6 is 0 Å². The number of allylic oxidation sites excluding steroid dienone is 2. The summed E-state index contributed by atoms with van der Waals surface area (Å²) in [4.78, 5) is 29.2. The molecule has 4 N–H and O–H groups in total. The van der Waals surface area contributed by atoms with E-state index in [-0.39, 0.29) is 24.8 Å². The molecule has 0 heterocycles. The third kappa shape index (κ3) is 40.7. The number of nitrogens with one attached hydrogen (secondary N) is 1. The third-order valence-corrected chi connectivity index (χ3v) is 6.85. The molecule has 0 saturated heterocycles. The van der Waals surface area contributed by atoms with Gasteiger partial charge in [-0.1, -0.05) is 18.7 Å². The summed E-state index contributed by atoms with van der Waals surface area (Å²) in [7, 11) is 1.64. The van der Waals surface area contributed by atoms with Gasteiger partial charge in [0.25, 0.3) is 0 Å². The van der Waals surface area contributed by atoms with Crippen molar-refractivity contribution < 1.29 is 66.8 Å². The van der Waals surface area contributed by atoms with Crippen molar-refractivity contribution in [3.63, 3.8) is 0 Å². The summed E-state index contributed by atoms with van der Waals surface area (Å²) in [6.07, 6.45) is 6.62. The Kier molecular flexibility index (Phi) is 42.5. The Morgan fingerprint density at radius 1 is 0.625 bits per heavy atom. The molecule has 0 rings (SSSR count). The molecule has 0 aromatic heterocycles. The van der Waals surface area contributed by atoms with E-state index in [0.717, 1.165) is 0 Å². The van der Waals surface area contributed by atoms with Crippen LogP contribution in [0, 0.1) is 0 Å². The molecule has 0 saturated carbocycles. The Morgan fingerprint density at radius 2 is 1.00 bits per heavy atom. The number of carbonyl (C=O) groups excluding carboxylic acids is 2. The average molecular weight is 808 g/mol. The predicted molar refractivity (Wildman–Crippen MR) is 210 cm³/mol. The van der Waals surface area contributed by atoms with Crippen LogP contribution in [0.2, 0.25) is 0 Å². The number of aliphatic hydroxyl groups is 1. The summed E-state index contributed by atoms with van der Waals surface area (Å²) in [5.41, 5.74) is 0.542. The number of carbonyl (C=O) groups is 2. The van der Waals surface area contributed by atoms with Gasteiger partial charge in [-0.15, -0.1) is 0 Å². The zero-order valence-corrected chi connectivity index (χ0v) is 33.5. The van der Waals surface area contributed by atoms with Crippen molar-refractivity contribution in [1.82, 2.24) is 10.2 Å². The predicted octanol–water partition coefficient (Wildman–Crippen LogP) is -0.356. The first-order chi connectivity index (χ1) is 27.5. The van der Waals surface area contributed by atoms with Crippen LogP contribution in [-0.4, -0.2) is 212 Å². The van der Waals surface area contributed by atoms with Gasteiger partial charge < -0.3 is 73.3 Å². The minimum atomic E-state index is -0.178. The third-order valence-electron chi connectivity index (χ3n) is 6.85. The van der Waals surface area contributed by atoms with Crippen LogP contribution in [0.5, 0.6) is 0 Å². The maximum absolute atomic E-state index is 11.9. The number of hydrogen-bond acceptors (Lipinski definition) is 17. The van der Waals surface area contributed by atoms with Crippen LogP contribution in [0.1, 0.15) is 12.8 Å². The normalized spacial score (nSPS) is 11.9. The number of aliphatic hydroxyl groups excluding tert-OH is 1. The maximum Gasteiger partial charge on any atom is 0.246 e. The highest BCUT2D eigenvalue weighted by Gasteiger charge is 2.07. The van der Waals surface area contributed by atoms with Crippen LogP contribution in [0.4, 0.5) is 0 Å². The van der Waals surface area contributed by atoms with Crippen molar-refractivity contribution >= 4 is 23.7 Å². The summed E-state index contributed by atoms with van der Waals surface area (Å²) < 4.78 is 60.1. The van der Waals surface area contributed by atoms with E-state index in [0.29, 0.717) is 177 Å². The van der Waals surface area contributed by atoms with Crippen molar-refractivity contribution in [2.75, 3.05) is 179 Å². The van der Waals surface area contributed by atoms with Crippen molar-refractivity contribution in [1.29, 1.82) is 0 Å². The Balaban J connectivity index is 3.20. The fraction of sp³-hybridized carbons (Fsp3) is 0.784. The van der Waals surface area contributed by atoms with Gasteiger partial charge >= 0.3 is 0 Å². The Morgan fingerprint density at radius 3 is 1.36 bits per heavy atom. The molecule has 0 aliphatic rings. The van der Waals surface area contributed by atoms with Gasteiger partial charge in [0.2, 0.25) is 11.8 Å². The standard InChI is InChI=1S/C37H69N5O14/c1-3-4-5-37(45)42(2)10-6-36(44)40-9-13-47-15-17-49-19-21-51-23-25-53-27-29-55-31-33-56-32-30-54-28-26-52-24-22-50-20-18-48-16-14-46-12-8-39-34-35(41-38)7-11-43/h3-5,34,43H,1,6-33,38H2,2H3,(H,40,44)/b5-4-,39-34?,41-35-. The fourth-order valence-electron chi connectivity index (χ4n) is 3.87. The molecule has 0 aromatic carbocycles. The summed E-state index contributed by atoms with van der Waals surface area (Å²) in [5.74, 6) is 4.87. The Bertz CT molecular complexity index is 993. The SMILES string of the molecule is C=C/C=C\C(=O)N(C)CCC(=O)NCCOCCOCCOCCOCCOCCOCCOCCOCCOCCOCCOCCN=C/C(CCO)=N\N. The maximum atomic E-state index is 11.9. The van der Waals surface area contributed by atoms with E-state index in [1.54, 1.807) is 19.3 Å². The first-order valence-electron chi connectivity index (χ1n) is 19.1. The van der Waals surface area contributed by atoms with Gasteiger partial charge in [0, 0.05) is 51.9 Å². The molecule has 2 amide bonds. The molecule has 56 heavy (non-hydrogen) atoms. The topological polar surface area (TPSA) is 222 Å². The molecule has 0 aliphatic carbocycles. The van der Waals surface area contributed by atoms with Gasteiger partial charge in [0.15, 0.2) is 0 Å². The highest BCUT2D eigenvalue weighted by atomic mass is 16.6. The average Bonchev–Trinajstić information content (AvgIpc) is 3.20. The van der Waals surface area contributed by atoms with Crippen molar-refractivity contribution in [2.45, 2.75) is 12.8 Å². The summed E-state index contributed by atoms with van der Waals surface area (Å²) in [5, 5.41) is 15.1. The van der Waals surface area contributed by atoms with E-state index < -0.39 is 0 Å². The molecule has 19 nitrogen and oxygen atoms in total. The van der Waals surface area contributed by atoms with E-state index in [4.69, 9.17) is 63.1 Å². The highest BCUT2D eigenvalue weighted by Crippen LogP contribution is 1.92. The number of aliphatic imine (C=N–C) groups is 1. The second-order valence-corrected chi connectivity index (χ2v) is 11.3. The molecule has 0 bridgehead atoms. The molecule has 0 fully saturated rings. The van der Waals surface area contributed by atoms with Crippen LogP contribution in [0.3, 0.4) is 0 Å². The minimum Gasteiger partial charge on any atom is -0.396 e. The molecule has 326 valence electrons. The number of nitrogens with two attached hydrogens (primary N) is 1. The monoisotopic (exact) mass is 807 g/mol. The van der Waals surface area contributed by atoms with Crippen molar-refractivity contribution in [3.05, 3.63) is 24.8 Å². The van der Waals surface area contributed by atoms with E-state index in [2.05, 4.69) is 22.0 Å². The molecule has 0 radical (unpaired) electrons. The quantitative estimate of drug-likeness (QED) is 0.0179. The number of likely N-dealkylation sites (N-methyl/N-ethyl adjacent to an activating group) is 1. The molecule has 0 unspecified atom stereocenters. The van der Waals surface area contributed by atoms with Crippen LogP contribution in [-0.2, 0) is 61.7 Å². The van der Waals surface area contributed by atoms with Crippen LogP contribution in [0.15, 0.2) is 34.9 Å². The lowest BCUT2D eigenvalue weighted by atomic mass is 10.3. The van der Waals surface area contributed by atoms with Gasteiger partial charge in [-0.3, -0.25) is 14.6 Å². The van der Waals surface area contributed by atoms with E-state index in [9.17, 15) is 9.59 Å². The lowest BCUT2D eigenvalue weighted by molar-refractivity contribution is -0.126. The molecule has 0 aromatic rings. The Hall–Kier alpha value is -2.92. The Labute approximate surface area is 332 Å². The first-order valence-corrected chi connectivity index (χ1v) is 19.1. The van der Waals surface area contributed by atoms with Gasteiger partial charge in [-0.2, -0.15) is 5.10 Å². The molecule has 0 spiro atoms. The van der Waals surface area contributed by atoms with Gasteiger partial charge in [-0.05, 0) is 0 Å². The highest BCUT2D eigenvalue weighted by molar-refractivity contribution is 6.30. The number of nitrogens with zero attached hydrogens (tertiary/aromatic N) is 3. The second-order valence-electron chi connectivity index (χ2n) is 11.3. The number of ether oxygens (including phenoxy) is 11. The van der Waals surface area contributed by atoms with E-state index >= 15 is 0 Å². The number of hydrogen-bond donors (Lipinski definition) is 3. The number of amides is 2.